The summed E-state index contributed by atoms with van der Waals surface area (Å²) in [6.45, 7) is 4.78. The summed E-state index contributed by atoms with van der Waals surface area (Å²) in [4.78, 5) is 42.2. The number of rotatable bonds is 4. The van der Waals surface area contributed by atoms with Gasteiger partial charge in [0, 0.05) is 14.1 Å². The van der Waals surface area contributed by atoms with Gasteiger partial charge in [-0.25, -0.2) is 9.78 Å². The van der Waals surface area contributed by atoms with E-state index in [1.165, 1.54) is 16.5 Å². The number of likely N-dealkylation sites (tertiary alicyclic amines) is 1. The van der Waals surface area contributed by atoms with Crippen LogP contribution in [0.1, 0.15) is 25.6 Å². The molecule has 3 heterocycles. The molecule has 9 nitrogen and oxygen atoms in total. The summed E-state index contributed by atoms with van der Waals surface area (Å²) < 4.78 is 3.94. The van der Waals surface area contributed by atoms with Crippen molar-refractivity contribution in [1.29, 1.82) is 0 Å². The van der Waals surface area contributed by atoms with Gasteiger partial charge in [0.2, 0.25) is 5.91 Å². The highest BCUT2D eigenvalue weighted by Gasteiger charge is 2.25. The average Bonchev–Trinajstić information content (AvgIpc) is 2.91. The van der Waals surface area contributed by atoms with E-state index in [2.05, 4.69) is 11.9 Å². The molecule has 9 heteroatoms. The van der Waals surface area contributed by atoms with E-state index in [-0.39, 0.29) is 12.1 Å². The van der Waals surface area contributed by atoms with Crippen LogP contribution in [0.4, 0.5) is 0 Å². The minimum Gasteiger partial charge on any atom is -0.368 e. The third kappa shape index (κ3) is 3.11. The van der Waals surface area contributed by atoms with Gasteiger partial charge < -0.3 is 15.2 Å². The highest BCUT2D eigenvalue weighted by Crippen LogP contribution is 2.12. The Morgan fingerprint density at radius 2 is 1.88 bits per heavy atom. The number of carbonyl (C=O) groups excluding carboxylic acids is 1. The summed E-state index contributed by atoms with van der Waals surface area (Å²) in [7, 11) is 2.99. The molecule has 0 aliphatic carbocycles. The van der Waals surface area contributed by atoms with Crippen LogP contribution in [0, 0.1) is 5.92 Å². The molecule has 0 saturated carbocycles. The van der Waals surface area contributed by atoms with Crippen molar-refractivity contribution < 1.29 is 9.69 Å². The van der Waals surface area contributed by atoms with Gasteiger partial charge in [0.05, 0.1) is 13.1 Å². The van der Waals surface area contributed by atoms with Gasteiger partial charge in [-0.05, 0) is 18.8 Å². The van der Waals surface area contributed by atoms with Crippen LogP contribution < -0.4 is 21.9 Å². The first-order valence-corrected chi connectivity index (χ1v) is 8.56. The highest BCUT2D eigenvalue weighted by molar-refractivity contribution is 5.78. The standard InChI is InChI=1S/C16H24N6O3/c1-10-4-6-21(7-5-10)9-12-18-14-13(22(12)8-11(17)23)15(24)20(3)16(25)19(14)2/h10H,4-9H2,1-3H3,(H2,17,23)/p+1. The summed E-state index contributed by atoms with van der Waals surface area (Å²) in [5.41, 5.74) is 5.04. The first kappa shape index (κ1) is 17.4. The Morgan fingerprint density at radius 1 is 1.24 bits per heavy atom. The average molecular weight is 349 g/mol. The summed E-state index contributed by atoms with van der Waals surface area (Å²) in [5, 5.41) is 0. The fraction of sp³-hybridized carbons (Fsp3) is 0.625. The van der Waals surface area contributed by atoms with Crippen molar-refractivity contribution in [3.05, 3.63) is 26.7 Å². The number of nitrogens with zero attached hydrogens (tertiary/aromatic N) is 4. The van der Waals surface area contributed by atoms with E-state index in [0.717, 1.165) is 36.4 Å². The monoisotopic (exact) mass is 349 g/mol. The number of nitrogens with one attached hydrogen (secondary N) is 1. The molecule has 1 aliphatic heterocycles. The molecule has 0 bridgehead atoms. The fourth-order valence-electron chi connectivity index (χ4n) is 3.52. The second-order valence-corrected chi connectivity index (χ2v) is 7.07. The molecule has 2 aromatic heterocycles. The zero-order chi connectivity index (χ0) is 18.3. The van der Waals surface area contributed by atoms with E-state index < -0.39 is 17.2 Å². The Morgan fingerprint density at radius 3 is 2.48 bits per heavy atom. The molecule has 0 aromatic carbocycles. The zero-order valence-electron chi connectivity index (χ0n) is 14.9. The lowest BCUT2D eigenvalue weighted by Gasteiger charge is -2.27. The van der Waals surface area contributed by atoms with E-state index in [1.54, 1.807) is 11.6 Å². The lowest BCUT2D eigenvalue weighted by Crippen LogP contribution is -3.11. The van der Waals surface area contributed by atoms with Gasteiger partial charge in [0.15, 0.2) is 17.0 Å². The topological polar surface area (TPSA) is 109 Å². The van der Waals surface area contributed by atoms with Crippen molar-refractivity contribution in [2.75, 3.05) is 13.1 Å². The molecule has 136 valence electrons. The van der Waals surface area contributed by atoms with Crippen molar-refractivity contribution in [2.24, 2.45) is 25.7 Å². The van der Waals surface area contributed by atoms with E-state index >= 15 is 0 Å². The van der Waals surface area contributed by atoms with Gasteiger partial charge >= 0.3 is 5.69 Å². The normalized spacial score (nSPS) is 20.9. The molecule has 0 atom stereocenters. The molecule has 1 fully saturated rings. The maximum absolute atomic E-state index is 12.6. The van der Waals surface area contributed by atoms with Crippen LogP contribution in [0.5, 0.6) is 0 Å². The first-order chi connectivity index (χ1) is 11.8. The van der Waals surface area contributed by atoms with E-state index in [1.807, 2.05) is 0 Å². The number of nitrogens with two attached hydrogens (primary N) is 1. The largest absolute Gasteiger partial charge is 0.368 e. The number of quaternary nitrogens is 1. The molecular weight excluding hydrogens is 324 g/mol. The third-order valence-electron chi connectivity index (χ3n) is 5.13. The Labute approximate surface area is 144 Å². The van der Waals surface area contributed by atoms with Gasteiger partial charge in [0.25, 0.3) is 5.56 Å². The van der Waals surface area contributed by atoms with Crippen LogP contribution in [0.3, 0.4) is 0 Å². The van der Waals surface area contributed by atoms with Crippen LogP contribution >= 0.6 is 0 Å². The van der Waals surface area contributed by atoms with Gasteiger partial charge in [0.1, 0.15) is 13.1 Å². The summed E-state index contributed by atoms with van der Waals surface area (Å²) in [6.07, 6.45) is 2.29. The maximum atomic E-state index is 12.6. The number of imidazole rings is 1. The molecule has 1 amide bonds. The van der Waals surface area contributed by atoms with Crippen LogP contribution in [-0.2, 0) is 32.0 Å². The predicted molar refractivity (Wildman–Crippen MR) is 92.2 cm³/mol. The summed E-state index contributed by atoms with van der Waals surface area (Å²) in [5.74, 6) is 0.802. The van der Waals surface area contributed by atoms with Crippen LogP contribution in [-0.4, -0.2) is 37.7 Å². The number of piperidine rings is 1. The molecule has 0 spiro atoms. The molecular formula is C16H25N6O3+. The molecule has 0 unspecified atom stereocenters. The van der Waals surface area contributed by atoms with Crippen LogP contribution in [0.25, 0.3) is 11.2 Å². The van der Waals surface area contributed by atoms with E-state index in [4.69, 9.17) is 5.73 Å². The van der Waals surface area contributed by atoms with Crippen molar-refractivity contribution >= 4 is 17.1 Å². The molecule has 0 radical (unpaired) electrons. The Balaban J connectivity index is 2.12. The van der Waals surface area contributed by atoms with Crippen molar-refractivity contribution in [3.63, 3.8) is 0 Å². The van der Waals surface area contributed by atoms with Gasteiger partial charge in [-0.3, -0.25) is 18.7 Å². The summed E-state index contributed by atoms with van der Waals surface area (Å²) >= 11 is 0. The number of hydrogen-bond acceptors (Lipinski definition) is 4. The van der Waals surface area contributed by atoms with Gasteiger partial charge in [-0.1, -0.05) is 6.92 Å². The number of aryl methyl sites for hydroxylation is 1. The zero-order valence-corrected chi connectivity index (χ0v) is 14.9. The molecule has 2 aromatic rings. The predicted octanol–water partition coefficient (Wildman–Crippen LogP) is -2.27. The lowest BCUT2D eigenvalue weighted by molar-refractivity contribution is -0.920. The van der Waals surface area contributed by atoms with Crippen LogP contribution in [0.2, 0.25) is 0 Å². The molecule has 1 aliphatic rings. The van der Waals surface area contributed by atoms with Crippen molar-refractivity contribution in [2.45, 2.75) is 32.9 Å². The number of hydrogen-bond donors (Lipinski definition) is 2. The lowest BCUT2D eigenvalue weighted by atomic mass is 9.99. The van der Waals surface area contributed by atoms with Gasteiger partial charge in [-0.15, -0.1) is 0 Å². The number of primary amides is 1. The smallest absolute Gasteiger partial charge is 0.332 e. The van der Waals surface area contributed by atoms with Crippen LogP contribution in [0.15, 0.2) is 9.59 Å². The number of carbonyl (C=O) groups is 1. The number of amides is 1. The van der Waals surface area contributed by atoms with Crippen molar-refractivity contribution in [3.8, 4) is 0 Å². The fourth-order valence-corrected chi connectivity index (χ4v) is 3.52. The minimum atomic E-state index is -0.543. The SMILES string of the molecule is CC1CC[NH+](Cc2nc3c(c(=O)n(C)c(=O)n3C)n2CC(N)=O)CC1. The quantitative estimate of drug-likeness (QED) is 0.649. The second-order valence-electron chi connectivity index (χ2n) is 7.07. The van der Waals surface area contributed by atoms with Gasteiger partial charge in [-0.2, -0.15) is 0 Å². The van der Waals surface area contributed by atoms with E-state index in [9.17, 15) is 14.4 Å². The Bertz CT molecular complexity index is 930. The van der Waals surface area contributed by atoms with E-state index in [0.29, 0.717) is 18.0 Å². The maximum Gasteiger partial charge on any atom is 0.332 e. The minimum absolute atomic E-state index is 0.122. The molecule has 3 N–H and O–H groups in total. The number of fused-ring (bicyclic) bond motifs is 1. The molecule has 25 heavy (non-hydrogen) atoms. The second kappa shape index (κ2) is 6.47. The highest BCUT2D eigenvalue weighted by atomic mass is 16.2. The Hall–Kier alpha value is -2.42. The Kier molecular flexibility index (Phi) is 4.51. The first-order valence-electron chi connectivity index (χ1n) is 8.56. The van der Waals surface area contributed by atoms with Crippen molar-refractivity contribution in [1.82, 2.24) is 18.7 Å². The third-order valence-corrected chi connectivity index (χ3v) is 5.13. The number of aromatic nitrogens is 4. The summed E-state index contributed by atoms with van der Waals surface area (Å²) in [6, 6.07) is 0. The molecule has 1 saturated heterocycles. The molecule has 3 rings (SSSR count).